The van der Waals surface area contributed by atoms with Gasteiger partial charge in [-0.1, -0.05) is 0 Å². The Morgan fingerprint density at radius 1 is 1.40 bits per heavy atom. The number of halogens is 2. The van der Waals surface area contributed by atoms with E-state index in [4.69, 9.17) is 10.7 Å². The lowest BCUT2D eigenvalue weighted by Gasteiger charge is -2.34. The maximum atomic E-state index is 13.9. The van der Waals surface area contributed by atoms with Gasteiger partial charge < -0.3 is 4.90 Å². The van der Waals surface area contributed by atoms with E-state index in [1.165, 1.54) is 11.8 Å². The highest BCUT2D eigenvalue weighted by atomic mass is 35.7. The molecule has 7 heteroatoms. The molecule has 2 rings (SSSR count). The number of nitrogens with zero attached hydrogens (tertiary/aromatic N) is 1. The van der Waals surface area contributed by atoms with Crippen molar-refractivity contribution in [2.24, 2.45) is 0 Å². The molecule has 1 amide bonds. The number of hydrogen-bond donors (Lipinski definition) is 0. The first-order valence-electron chi connectivity index (χ1n) is 6.24. The Balaban J connectivity index is 2.43. The van der Waals surface area contributed by atoms with E-state index in [1.807, 2.05) is 0 Å². The van der Waals surface area contributed by atoms with E-state index in [-0.39, 0.29) is 22.1 Å². The van der Waals surface area contributed by atoms with Gasteiger partial charge in [-0.2, -0.15) is 0 Å². The zero-order valence-electron chi connectivity index (χ0n) is 11.2. The molecule has 0 radical (unpaired) electrons. The Kier molecular flexibility index (Phi) is 4.07. The third kappa shape index (κ3) is 2.81. The molecule has 1 aromatic carbocycles. The number of hydrogen-bond acceptors (Lipinski definition) is 3. The molecule has 1 saturated carbocycles. The fourth-order valence-electron chi connectivity index (χ4n) is 2.21. The van der Waals surface area contributed by atoms with E-state index in [0.29, 0.717) is 0 Å². The molecule has 0 aliphatic heterocycles. The Morgan fingerprint density at radius 3 is 2.45 bits per heavy atom. The van der Waals surface area contributed by atoms with Gasteiger partial charge in [-0.15, -0.1) is 0 Å². The average Bonchev–Trinajstić information content (AvgIpc) is 2.23. The van der Waals surface area contributed by atoms with Crippen molar-refractivity contribution >= 4 is 25.6 Å². The predicted octanol–water partition coefficient (Wildman–Crippen LogP) is 2.69. The van der Waals surface area contributed by atoms with Crippen LogP contribution in [-0.4, -0.2) is 32.3 Å². The van der Waals surface area contributed by atoms with Crippen LogP contribution in [0.4, 0.5) is 4.39 Å². The van der Waals surface area contributed by atoms with E-state index in [9.17, 15) is 17.6 Å². The van der Waals surface area contributed by atoms with Crippen LogP contribution in [0.2, 0.25) is 0 Å². The third-order valence-corrected chi connectivity index (χ3v) is 5.16. The number of carbonyl (C=O) groups is 1. The summed E-state index contributed by atoms with van der Waals surface area (Å²) in [6.45, 7) is 1.43. The van der Waals surface area contributed by atoms with Gasteiger partial charge in [0.05, 0.1) is 10.5 Å². The predicted molar refractivity (Wildman–Crippen MR) is 73.9 cm³/mol. The van der Waals surface area contributed by atoms with Gasteiger partial charge in [-0.25, -0.2) is 12.8 Å². The van der Waals surface area contributed by atoms with Crippen molar-refractivity contribution in [1.82, 2.24) is 4.90 Å². The lowest BCUT2D eigenvalue weighted by molar-refractivity contribution is 0.0647. The van der Waals surface area contributed by atoms with Crippen LogP contribution in [0.15, 0.2) is 17.0 Å². The fraction of sp³-hybridized carbons (Fsp3) is 0.462. The molecule has 1 fully saturated rings. The molecule has 0 saturated heterocycles. The molecule has 4 nitrogen and oxygen atoms in total. The summed E-state index contributed by atoms with van der Waals surface area (Å²) in [5, 5.41) is 0. The van der Waals surface area contributed by atoms with Gasteiger partial charge in [0.15, 0.2) is 0 Å². The van der Waals surface area contributed by atoms with Gasteiger partial charge in [-0.05, 0) is 43.9 Å². The number of benzene rings is 1. The van der Waals surface area contributed by atoms with Crippen molar-refractivity contribution in [2.45, 2.75) is 37.1 Å². The lowest BCUT2D eigenvalue weighted by atomic mass is 9.91. The summed E-state index contributed by atoms with van der Waals surface area (Å²) in [6.07, 6.45) is 2.81. The van der Waals surface area contributed by atoms with E-state index < -0.39 is 20.8 Å². The second kappa shape index (κ2) is 5.33. The van der Waals surface area contributed by atoms with Crippen molar-refractivity contribution in [3.05, 3.63) is 29.1 Å². The Morgan fingerprint density at radius 2 is 2.00 bits per heavy atom. The molecule has 0 N–H and O–H groups in total. The van der Waals surface area contributed by atoms with Crippen LogP contribution >= 0.6 is 10.7 Å². The minimum atomic E-state index is -4.01. The molecule has 0 unspecified atom stereocenters. The van der Waals surface area contributed by atoms with Crippen LogP contribution < -0.4 is 0 Å². The Bertz CT molecular complexity index is 656. The molecule has 1 aliphatic carbocycles. The summed E-state index contributed by atoms with van der Waals surface area (Å²) in [7, 11) is 2.89. The smallest absolute Gasteiger partial charge is 0.261 e. The molecule has 0 bridgehead atoms. The highest BCUT2D eigenvalue weighted by Gasteiger charge is 2.29. The number of carbonyl (C=O) groups excluding carboxylic acids is 1. The normalized spacial score (nSPS) is 15.8. The van der Waals surface area contributed by atoms with E-state index >= 15 is 0 Å². The molecule has 0 heterocycles. The van der Waals surface area contributed by atoms with Crippen LogP contribution in [0.3, 0.4) is 0 Å². The van der Waals surface area contributed by atoms with Crippen LogP contribution in [0.1, 0.15) is 35.2 Å². The van der Waals surface area contributed by atoms with Crippen LogP contribution in [0.5, 0.6) is 0 Å². The van der Waals surface area contributed by atoms with Gasteiger partial charge in [0, 0.05) is 23.8 Å². The third-order valence-electron chi connectivity index (χ3n) is 3.70. The van der Waals surface area contributed by atoms with Crippen LogP contribution in [0.25, 0.3) is 0 Å². The summed E-state index contributed by atoms with van der Waals surface area (Å²) in [4.78, 5) is 13.5. The lowest BCUT2D eigenvalue weighted by Crippen LogP contribution is -2.41. The second-order valence-corrected chi connectivity index (χ2v) is 7.57. The van der Waals surface area contributed by atoms with Crippen LogP contribution in [-0.2, 0) is 9.05 Å². The van der Waals surface area contributed by atoms with E-state index in [1.54, 1.807) is 7.05 Å². The average molecular weight is 320 g/mol. The maximum absolute atomic E-state index is 13.9. The highest BCUT2D eigenvalue weighted by Crippen LogP contribution is 2.28. The van der Waals surface area contributed by atoms with Gasteiger partial charge in [0.1, 0.15) is 5.82 Å². The first kappa shape index (κ1) is 15.3. The monoisotopic (exact) mass is 319 g/mol. The highest BCUT2D eigenvalue weighted by molar-refractivity contribution is 8.13. The number of aryl methyl sites for hydroxylation is 1. The topological polar surface area (TPSA) is 54.5 Å². The molecule has 110 valence electrons. The van der Waals surface area contributed by atoms with E-state index in [0.717, 1.165) is 31.4 Å². The largest absolute Gasteiger partial charge is 0.339 e. The number of rotatable bonds is 3. The first-order valence-corrected chi connectivity index (χ1v) is 8.54. The summed E-state index contributed by atoms with van der Waals surface area (Å²) >= 11 is 0. The van der Waals surface area contributed by atoms with Crippen molar-refractivity contribution in [1.29, 1.82) is 0 Å². The number of amides is 1. The molecule has 0 spiro atoms. The van der Waals surface area contributed by atoms with Crippen molar-refractivity contribution in [3.63, 3.8) is 0 Å². The molecular formula is C13H15ClFNO3S. The first-order chi connectivity index (χ1) is 9.21. The minimum absolute atomic E-state index is 0.0965. The maximum Gasteiger partial charge on any atom is 0.261 e. The standard InChI is InChI=1S/C13H15ClFNO3S/c1-8-6-11(15)10(7-12(8)20(14,18)19)13(17)16(2)9-4-3-5-9/h6-7,9H,3-5H2,1-2H3. The summed E-state index contributed by atoms with van der Waals surface area (Å²) in [5.74, 6) is -1.25. The Hall–Kier alpha value is -1.14. The quantitative estimate of drug-likeness (QED) is 0.805. The zero-order chi connectivity index (χ0) is 15.1. The molecule has 1 aliphatic rings. The van der Waals surface area contributed by atoms with Gasteiger partial charge >= 0.3 is 0 Å². The van der Waals surface area contributed by atoms with Gasteiger partial charge in [-0.3, -0.25) is 4.79 Å². The summed E-state index contributed by atoms with van der Waals surface area (Å²) < 4.78 is 36.8. The van der Waals surface area contributed by atoms with Crippen molar-refractivity contribution in [3.8, 4) is 0 Å². The summed E-state index contributed by atoms with van der Waals surface area (Å²) in [5.41, 5.74) is -0.0791. The molecule has 1 aromatic rings. The molecule has 20 heavy (non-hydrogen) atoms. The zero-order valence-corrected chi connectivity index (χ0v) is 12.8. The van der Waals surface area contributed by atoms with Crippen molar-refractivity contribution in [2.75, 3.05) is 7.05 Å². The van der Waals surface area contributed by atoms with Gasteiger partial charge in [0.2, 0.25) is 0 Å². The molecular weight excluding hydrogens is 305 g/mol. The van der Waals surface area contributed by atoms with Crippen molar-refractivity contribution < 1.29 is 17.6 Å². The van der Waals surface area contributed by atoms with E-state index in [2.05, 4.69) is 0 Å². The fourth-order valence-corrected chi connectivity index (χ4v) is 3.41. The van der Waals surface area contributed by atoms with Crippen LogP contribution in [0, 0.1) is 12.7 Å². The minimum Gasteiger partial charge on any atom is -0.339 e. The molecule has 0 aromatic heterocycles. The molecule has 0 atom stereocenters. The SMILES string of the molecule is Cc1cc(F)c(C(=O)N(C)C2CCC2)cc1S(=O)(=O)Cl. The van der Waals surface area contributed by atoms with Gasteiger partial charge in [0.25, 0.3) is 15.0 Å². The Labute approximate surface area is 121 Å². The second-order valence-electron chi connectivity index (χ2n) is 5.04. The summed E-state index contributed by atoms with van der Waals surface area (Å²) in [6, 6.07) is 2.14.